The Morgan fingerprint density at radius 2 is 1.79 bits per heavy atom. The number of piperidine rings is 1. The van der Waals surface area contributed by atoms with Crippen LogP contribution in [0.15, 0.2) is 42.6 Å². The third kappa shape index (κ3) is 2.85. The summed E-state index contributed by atoms with van der Waals surface area (Å²) in [6.07, 6.45) is 5.81. The van der Waals surface area contributed by atoms with Crippen molar-refractivity contribution in [3.05, 3.63) is 54.1 Å². The summed E-state index contributed by atoms with van der Waals surface area (Å²) in [5, 5.41) is 3.37. The molecule has 0 bridgehead atoms. The Kier molecular flexibility index (Phi) is 4.11. The smallest absolute Gasteiger partial charge is 0.235 e. The van der Waals surface area contributed by atoms with E-state index < -0.39 is 0 Å². The minimum atomic E-state index is 0.823. The largest absolute Gasteiger partial charge is 0.355 e. The number of aromatic amines is 2. The van der Waals surface area contributed by atoms with Gasteiger partial charge in [-0.3, -0.25) is 0 Å². The lowest BCUT2D eigenvalue weighted by atomic mass is 10.1. The van der Waals surface area contributed by atoms with Gasteiger partial charge >= 0.3 is 0 Å². The standard InChI is InChI=1S/C22H24N6/c1-15-18(14-23-28(15)17-9-5-3-6-10-17)19-13-20-21(26-19)22(25-16(2)24-20)27-11-7-4-8-12-27/h3,5-6,9-10,13-14H,4,7-8,11-12H2,1-2H3,(H,24,25,26)/p+1. The molecule has 0 saturated carbocycles. The van der Waals surface area contributed by atoms with Gasteiger partial charge in [-0.1, -0.05) is 22.9 Å². The first kappa shape index (κ1) is 17.0. The van der Waals surface area contributed by atoms with Crippen LogP contribution in [0.25, 0.3) is 28.0 Å². The lowest BCUT2D eigenvalue weighted by Crippen LogP contribution is -2.35. The average Bonchev–Trinajstić information content (AvgIpc) is 3.31. The number of fused-ring (bicyclic) bond motifs is 1. The van der Waals surface area contributed by atoms with Crippen LogP contribution in [0.5, 0.6) is 0 Å². The maximum Gasteiger partial charge on any atom is 0.235 e. The normalized spacial score (nSPS) is 14.7. The highest BCUT2D eigenvalue weighted by molar-refractivity contribution is 5.91. The van der Waals surface area contributed by atoms with E-state index in [9.17, 15) is 0 Å². The third-order valence-electron chi connectivity index (χ3n) is 5.59. The molecule has 0 unspecified atom stereocenters. The van der Waals surface area contributed by atoms with E-state index in [1.165, 1.54) is 19.3 Å². The first-order chi connectivity index (χ1) is 13.7. The van der Waals surface area contributed by atoms with E-state index in [0.29, 0.717) is 0 Å². The van der Waals surface area contributed by atoms with E-state index in [0.717, 1.165) is 58.4 Å². The molecule has 0 amide bonds. The van der Waals surface area contributed by atoms with E-state index in [1.54, 1.807) is 0 Å². The summed E-state index contributed by atoms with van der Waals surface area (Å²) in [6, 6.07) is 12.5. The minimum Gasteiger partial charge on any atom is -0.355 e. The molecule has 28 heavy (non-hydrogen) atoms. The van der Waals surface area contributed by atoms with Crippen LogP contribution in [0.3, 0.4) is 0 Å². The first-order valence-electron chi connectivity index (χ1n) is 9.99. The number of benzene rings is 1. The van der Waals surface area contributed by atoms with E-state index in [2.05, 4.69) is 61.9 Å². The molecule has 4 heterocycles. The van der Waals surface area contributed by atoms with Crippen LogP contribution in [-0.2, 0) is 0 Å². The van der Waals surface area contributed by atoms with Gasteiger partial charge in [0.05, 0.1) is 23.0 Å². The predicted octanol–water partition coefficient (Wildman–Crippen LogP) is 3.84. The summed E-state index contributed by atoms with van der Waals surface area (Å²) in [7, 11) is 0. The molecule has 0 aliphatic carbocycles. The molecular weight excluding hydrogens is 348 g/mol. The number of rotatable bonds is 3. The summed E-state index contributed by atoms with van der Waals surface area (Å²) in [6.45, 7) is 6.24. The topological polar surface area (TPSA) is 64.5 Å². The molecule has 6 nitrogen and oxygen atoms in total. The Hall–Kier alpha value is -3.15. The Bertz CT molecular complexity index is 1120. The van der Waals surface area contributed by atoms with Crippen LogP contribution in [0.2, 0.25) is 0 Å². The number of hydrogen-bond acceptors (Lipinski definition) is 3. The fourth-order valence-electron chi connectivity index (χ4n) is 4.16. The number of para-hydroxylation sites is 1. The van der Waals surface area contributed by atoms with Crippen molar-refractivity contribution >= 4 is 16.9 Å². The molecule has 6 heteroatoms. The van der Waals surface area contributed by atoms with Gasteiger partial charge in [-0.05, 0) is 32.3 Å². The lowest BCUT2D eigenvalue weighted by molar-refractivity contribution is -0.661. The van der Waals surface area contributed by atoms with Crippen LogP contribution < -0.4 is 9.58 Å². The fourth-order valence-corrected chi connectivity index (χ4v) is 4.16. The predicted molar refractivity (Wildman–Crippen MR) is 111 cm³/mol. The Morgan fingerprint density at radius 1 is 1.00 bits per heavy atom. The Balaban J connectivity index is 1.60. The molecular formula is C22H25N6+. The van der Waals surface area contributed by atoms with Crippen LogP contribution in [0.4, 0.5) is 5.82 Å². The maximum absolute atomic E-state index is 4.78. The third-order valence-corrected chi connectivity index (χ3v) is 5.59. The van der Waals surface area contributed by atoms with Gasteiger partial charge in [0.1, 0.15) is 11.3 Å². The number of aromatic nitrogens is 5. The van der Waals surface area contributed by atoms with E-state index >= 15 is 0 Å². The molecule has 142 valence electrons. The molecule has 1 aromatic carbocycles. The quantitative estimate of drug-likeness (QED) is 0.536. The van der Waals surface area contributed by atoms with Crippen molar-refractivity contribution in [2.45, 2.75) is 33.1 Å². The van der Waals surface area contributed by atoms with Crippen LogP contribution in [0.1, 0.15) is 30.8 Å². The monoisotopic (exact) mass is 373 g/mol. The van der Waals surface area contributed by atoms with Gasteiger partial charge in [0.25, 0.3) is 0 Å². The molecule has 0 radical (unpaired) electrons. The van der Waals surface area contributed by atoms with Crippen molar-refractivity contribution in [3.8, 4) is 16.9 Å². The van der Waals surface area contributed by atoms with E-state index in [-0.39, 0.29) is 0 Å². The molecule has 0 spiro atoms. The van der Waals surface area contributed by atoms with Gasteiger partial charge in [-0.15, -0.1) is 0 Å². The number of anilines is 1. The van der Waals surface area contributed by atoms with Crippen molar-refractivity contribution in [1.82, 2.24) is 20.1 Å². The van der Waals surface area contributed by atoms with Crippen LogP contribution in [-0.4, -0.2) is 33.1 Å². The molecule has 1 aliphatic heterocycles. The Labute approximate surface area is 164 Å². The highest BCUT2D eigenvalue weighted by Crippen LogP contribution is 2.30. The summed E-state index contributed by atoms with van der Waals surface area (Å²) in [5.74, 6) is 1.86. The summed E-state index contributed by atoms with van der Waals surface area (Å²) in [5.41, 5.74) is 6.50. The maximum atomic E-state index is 4.78. The van der Waals surface area contributed by atoms with Gasteiger partial charge in [-0.25, -0.2) is 9.97 Å². The minimum absolute atomic E-state index is 0.823. The zero-order valence-corrected chi connectivity index (χ0v) is 16.4. The molecule has 3 aromatic heterocycles. The van der Waals surface area contributed by atoms with Crippen molar-refractivity contribution in [2.75, 3.05) is 18.0 Å². The van der Waals surface area contributed by atoms with Gasteiger partial charge in [0.2, 0.25) is 11.4 Å². The number of H-pyrrole nitrogens is 2. The highest BCUT2D eigenvalue weighted by atomic mass is 15.3. The molecule has 1 saturated heterocycles. The van der Waals surface area contributed by atoms with Crippen molar-refractivity contribution in [3.63, 3.8) is 0 Å². The summed E-state index contributed by atoms with van der Waals surface area (Å²) >= 11 is 0. The van der Waals surface area contributed by atoms with Gasteiger partial charge in [-0.2, -0.15) is 5.10 Å². The molecule has 5 rings (SSSR count). The number of nitrogens with zero attached hydrogens (tertiary/aromatic N) is 4. The second kappa shape index (κ2) is 6.78. The lowest BCUT2D eigenvalue weighted by Gasteiger charge is -2.28. The highest BCUT2D eigenvalue weighted by Gasteiger charge is 2.22. The van der Waals surface area contributed by atoms with Crippen molar-refractivity contribution < 1.29 is 4.68 Å². The number of hydrogen-bond donors (Lipinski definition) is 2. The zero-order chi connectivity index (χ0) is 19.1. The fraction of sp³-hybridized carbons (Fsp3) is 0.318. The van der Waals surface area contributed by atoms with Gasteiger partial charge in [0, 0.05) is 32.1 Å². The Morgan fingerprint density at radius 3 is 2.57 bits per heavy atom. The second-order valence-corrected chi connectivity index (χ2v) is 7.53. The molecule has 2 N–H and O–H groups in total. The number of aryl methyl sites for hydroxylation is 1. The number of nitrogens with one attached hydrogen (secondary N) is 2. The van der Waals surface area contributed by atoms with E-state index in [1.807, 2.05) is 19.2 Å². The molecule has 1 fully saturated rings. The van der Waals surface area contributed by atoms with Crippen molar-refractivity contribution in [1.29, 1.82) is 0 Å². The average molecular weight is 373 g/mol. The van der Waals surface area contributed by atoms with Gasteiger partial charge in [0.15, 0.2) is 5.82 Å². The molecule has 4 aromatic rings. The van der Waals surface area contributed by atoms with Crippen LogP contribution in [0, 0.1) is 13.8 Å². The first-order valence-corrected chi connectivity index (χ1v) is 9.99. The van der Waals surface area contributed by atoms with E-state index in [4.69, 9.17) is 4.98 Å². The summed E-state index contributed by atoms with van der Waals surface area (Å²) < 4.78 is 2.10. The molecule has 1 aliphatic rings. The SMILES string of the molecule is Cc1nc(N2CCCCC2)c2[nH]c(-c3c[nH][n+](-c4ccccc4)c3C)cc2n1. The second-order valence-electron chi connectivity index (χ2n) is 7.53. The van der Waals surface area contributed by atoms with Gasteiger partial charge < -0.3 is 9.88 Å². The summed E-state index contributed by atoms with van der Waals surface area (Å²) in [4.78, 5) is 15.5. The van der Waals surface area contributed by atoms with Crippen LogP contribution >= 0.6 is 0 Å². The van der Waals surface area contributed by atoms with Crippen molar-refractivity contribution in [2.24, 2.45) is 0 Å². The molecule has 0 atom stereocenters. The zero-order valence-electron chi connectivity index (χ0n) is 16.4.